The van der Waals surface area contributed by atoms with Gasteiger partial charge in [-0.3, -0.25) is 0 Å². The Morgan fingerprint density at radius 1 is 1.43 bits per heavy atom. The van der Waals surface area contributed by atoms with Gasteiger partial charge in [0.25, 0.3) is 9.49 Å². The van der Waals surface area contributed by atoms with Gasteiger partial charge in [0.05, 0.1) is 12.7 Å². The molecule has 0 bridgehead atoms. The van der Waals surface area contributed by atoms with Crippen LogP contribution in [-0.4, -0.2) is 4.68 Å². The monoisotopic (exact) mass is 276 g/mol. The molecule has 0 N–H and O–H groups in total. The lowest BCUT2D eigenvalue weighted by atomic mass is 10.3. The molecule has 0 saturated carbocycles. The highest BCUT2D eigenvalue weighted by Gasteiger charge is 2.35. The van der Waals surface area contributed by atoms with Crippen molar-refractivity contribution in [2.45, 2.75) is 17.1 Å². The molecule has 0 aliphatic carbocycles. The van der Waals surface area contributed by atoms with Crippen molar-refractivity contribution < 1.29 is 17.1 Å². The zero-order valence-electron chi connectivity index (χ0n) is 8.19. The predicted molar refractivity (Wildman–Crippen MR) is 55.2 cm³/mol. The SMILES string of the molecule is CCc1cc(C(Cl)(Cl)Cl)[n+](C)n1C.[Cl-]. The van der Waals surface area contributed by atoms with E-state index < -0.39 is 3.79 Å². The van der Waals surface area contributed by atoms with Crippen LogP contribution in [0.2, 0.25) is 0 Å². The quantitative estimate of drug-likeness (QED) is 0.472. The molecule has 14 heavy (non-hydrogen) atoms. The Morgan fingerprint density at radius 3 is 2.14 bits per heavy atom. The molecule has 0 unspecified atom stereocenters. The largest absolute Gasteiger partial charge is 1.00 e. The summed E-state index contributed by atoms with van der Waals surface area (Å²) in [5.41, 5.74) is 1.83. The zero-order chi connectivity index (χ0) is 10.2. The van der Waals surface area contributed by atoms with Crippen molar-refractivity contribution in [1.82, 2.24) is 4.68 Å². The number of aromatic nitrogens is 2. The fourth-order valence-electron chi connectivity index (χ4n) is 1.30. The Bertz CT molecular complexity index is 314. The van der Waals surface area contributed by atoms with E-state index in [1.54, 1.807) is 0 Å². The minimum Gasteiger partial charge on any atom is -1.00 e. The van der Waals surface area contributed by atoms with Gasteiger partial charge >= 0.3 is 0 Å². The van der Waals surface area contributed by atoms with Gasteiger partial charge in [0.2, 0.25) is 0 Å². The van der Waals surface area contributed by atoms with E-state index in [-0.39, 0.29) is 12.4 Å². The van der Waals surface area contributed by atoms with Crippen molar-refractivity contribution in [3.8, 4) is 0 Å². The van der Waals surface area contributed by atoms with Crippen LogP contribution in [0.15, 0.2) is 6.07 Å². The van der Waals surface area contributed by atoms with Gasteiger partial charge in [-0.2, -0.15) is 4.68 Å². The van der Waals surface area contributed by atoms with E-state index in [9.17, 15) is 0 Å². The van der Waals surface area contributed by atoms with Crippen molar-refractivity contribution in [1.29, 1.82) is 0 Å². The molecule has 0 aliphatic rings. The summed E-state index contributed by atoms with van der Waals surface area (Å²) in [5, 5.41) is 0. The van der Waals surface area contributed by atoms with E-state index >= 15 is 0 Å². The van der Waals surface area contributed by atoms with Crippen LogP contribution in [0.4, 0.5) is 0 Å². The fraction of sp³-hybridized carbons (Fsp3) is 0.625. The maximum atomic E-state index is 5.80. The summed E-state index contributed by atoms with van der Waals surface area (Å²) in [5.74, 6) is 0. The molecule has 0 radical (unpaired) electrons. The van der Waals surface area contributed by atoms with Crippen LogP contribution in [0.5, 0.6) is 0 Å². The lowest BCUT2D eigenvalue weighted by Crippen LogP contribution is -3.00. The smallest absolute Gasteiger partial charge is 0.277 e. The van der Waals surface area contributed by atoms with Gasteiger partial charge in [0, 0.05) is 6.07 Å². The molecule has 2 nitrogen and oxygen atoms in total. The molecule has 1 heterocycles. The lowest BCUT2D eigenvalue weighted by molar-refractivity contribution is -0.758. The summed E-state index contributed by atoms with van der Waals surface area (Å²) in [7, 11) is 3.81. The second-order valence-corrected chi connectivity index (χ2v) is 5.20. The van der Waals surface area contributed by atoms with Gasteiger partial charge in [-0.05, 0) is 6.42 Å². The second-order valence-electron chi connectivity index (χ2n) is 2.92. The molecule has 0 saturated heterocycles. The first-order valence-corrected chi connectivity index (χ1v) is 5.13. The van der Waals surface area contributed by atoms with Crippen molar-refractivity contribution >= 4 is 34.8 Å². The minimum atomic E-state index is -1.35. The van der Waals surface area contributed by atoms with Crippen molar-refractivity contribution in [2.75, 3.05) is 0 Å². The molecule has 0 atom stereocenters. The summed E-state index contributed by atoms with van der Waals surface area (Å²) in [6.45, 7) is 2.07. The van der Waals surface area contributed by atoms with Crippen molar-refractivity contribution in [3.05, 3.63) is 17.5 Å². The molecule has 82 valence electrons. The number of nitrogens with zero attached hydrogens (tertiary/aromatic N) is 2. The number of hydrogen-bond donors (Lipinski definition) is 0. The highest BCUT2D eigenvalue weighted by atomic mass is 35.6. The molecular weight excluding hydrogens is 266 g/mol. The van der Waals surface area contributed by atoms with E-state index in [0.29, 0.717) is 5.69 Å². The minimum absolute atomic E-state index is 0. The van der Waals surface area contributed by atoms with Crippen LogP contribution >= 0.6 is 34.8 Å². The fourth-order valence-corrected chi connectivity index (χ4v) is 1.83. The Morgan fingerprint density at radius 2 is 1.93 bits per heavy atom. The number of halogens is 4. The second kappa shape index (κ2) is 4.93. The average Bonchev–Trinajstić information content (AvgIpc) is 2.28. The van der Waals surface area contributed by atoms with Gasteiger partial charge in [0.15, 0.2) is 7.05 Å². The predicted octanol–water partition coefficient (Wildman–Crippen LogP) is -0.757. The normalized spacial score (nSPS) is 11.3. The van der Waals surface area contributed by atoms with Gasteiger partial charge in [-0.25, -0.2) is 0 Å². The molecule has 0 fully saturated rings. The number of rotatable bonds is 1. The number of alkyl halides is 3. The Kier molecular flexibility index (Phi) is 5.06. The Hall–Kier alpha value is 0.370. The van der Waals surface area contributed by atoms with Gasteiger partial charge in [-0.1, -0.05) is 41.7 Å². The van der Waals surface area contributed by atoms with Crippen molar-refractivity contribution in [2.24, 2.45) is 14.1 Å². The standard InChI is InChI=1S/C8H12Cl3N2.ClH/c1-4-6-5-7(8(9,10)11)13(3)12(6)2;/h5H,4H2,1-3H3;1H/q+1;/p-1. The molecule has 6 heteroatoms. The van der Waals surface area contributed by atoms with E-state index in [1.807, 2.05) is 29.5 Å². The highest BCUT2D eigenvalue weighted by Crippen LogP contribution is 2.36. The topological polar surface area (TPSA) is 8.81 Å². The third-order valence-corrected chi connectivity index (χ3v) is 2.75. The molecular formula is C8H12Cl4N2. The Balaban J connectivity index is 0.00000169. The molecule has 1 rings (SSSR count). The summed E-state index contributed by atoms with van der Waals surface area (Å²) in [6, 6.07) is 1.91. The van der Waals surface area contributed by atoms with Crippen LogP contribution in [-0.2, 0) is 24.3 Å². The van der Waals surface area contributed by atoms with Crippen LogP contribution in [0.1, 0.15) is 18.3 Å². The molecule has 0 aliphatic heterocycles. The van der Waals surface area contributed by atoms with Gasteiger partial charge in [-0.15, -0.1) is 4.68 Å². The summed E-state index contributed by atoms with van der Waals surface area (Å²) >= 11 is 17.4. The van der Waals surface area contributed by atoms with Crippen LogP contribution in [0.3, 0.4) is 0 Å². The first-order valence-electron chi connectivity index (χ1n) is 4.00. The summed E-state index contributed by atoms with van der Waals surface area (Å²) in [4.78, 5) is 0. The molecule has 0 spiro atoms. The first kappa shape index (κ1) is 14.4. The number of hydrogen-bond acceptors (Lipinski definition) is 0. The maximum Gasteiger partial charge on any atom is 0.277 e. The Labute approximate surface area is 105 Å². The maximum absolute atomic E-state index is 5.80. The van der Waals surface area contributed by atoms with E-state index in [0.717, 1.165) is 12.1 Å². The highest BCUT2D eigenvalue weighted by molar-refractivity contribution is 6.66. The molecule has 1 aromatic heterocycles. The zero-order valence-corrected chi connectivity index (χ0v) is 11.2. The molecule has 1 aromatic rings. The molecule has 0 aromatic carbocycles. The average molecular weight is 278 g/mol. The van der Waals surface area contributed by atoms with Crippen LogP contribution in [0, 0.1) is 0 Å². The third-order valence-electron chi connectivity index (χ3n) is 2.17. The third kappa shape index (κ3) is 2.69. The first-order chi connectivity index (χ1) is 5.88. The van der Waals surface area contributed by atoms with Crippen LogP contribution < -0.4 is 17.1 Å². The van der Waals surface area contributed by atoms with E-state index in [4.69, 9.17) is 34.8 Å². The van der Waals surface area contributed by atoms with E-state index in [1.165, 1.54) is 0 Å². The lowest BCUT2D eigenvalue weighted by Gasteiger charge is -2.03. The summed E-state index contributed by atoms with van der Waals surface area (Å²) < 4.78 is 2.46. The van der Waals surface area contributed by atoms with Crippen LogP contribution in [0.25, 0.3) is 0 Å². The van der Waals surface area contributed by atoms with Gasteiger partial charge < -0.3 is 12.4 Å². The summed E-state index contributed by atoms with van der Waals surface area (Å²) in [6.07, 6.45) is 0.922. The number of aryl methyl sites for hydroxylation is 1. The van der Waals surface area contributed by atoms with Crippen molar-refractivity contribution in [3.63, 3.8) is 0 Å². The van der Waals surface area contributed by atoms with E-state index in [2.05, 4.69) is 6.92 Å². The molecule has 0 amide bonds. The van der Waals surface area contributed by atoms with Gasteiger partial charge in [0.1, 0.15) is 0 Å².